The topological polar surface area (TPSA) is 67.8 Å². The average Bonchev–Trinajstić information content (AvgIpc) is 2.74. The lowest BCUT2D eigenvalue weighted by atomic mass is 10.1. The summed E-state index contributed by atoms with van der Waals surface area (Å²) in [5, 5.41) is 12.9. The Balaban J connectivity index is 1.77. The smallest absolute Gasteiger partial charge is 0.337 e. The SMILES string of the molecule is CCOc1cc(CNc2ccc(Cl)c(C(=O)O)c2)c(Cl)cc1OCc1ccccc1F. The summed E-state index contributed by atoms with van der Waals surface area (Å²) in [5.41, 5.74) is 1.72. The number of carboxylic acids is 1. The van der Waals surface area contributed by atoms with Gasteiger partial charge in [-0.15, -0.1) is 0 Å². The van der Waals surface area contributed by atoms with E-state index >= 15 is 0 Å². The highest BCUT2D eigenvalue weighted by Gasteiger charge is 2.14. The number of hydrogen-bond donors (Lipinski definition) is 2. The minimum atomic E-state index is -1.11. The molecular weight excluding hydrogens is 444 g/mol. The number of benzene rings is 3. The third kappa shape index (κ3) is 5.81. The molecule has 0 radical (unpaired) electrons. The van der Waals surface area contributed by atoms with Crippen molar-refractivity contribution in [2.75, 3.05) is 11.9 Å². The maximum absolute atomic E-state index is 13.9. The van der Waals surface area contributed by atoms with Crippen molar-refractivity contribution >= 4 is 34.9 Å². The molecule has 0 aromatic heterocycles. The first-order chi connectivity index (χ1) is 14.9. The van der Waals surface area contributed by atoms with E-state index < -0.39 is 5.97 Å². The van der Waals surface area contributed by atoms with E-state index in [9.17, 15) is 14.3 Å². The molecule has 3 aromatic rings. The second kappa shape index (κ2) is 10.4. The zero-order valence-electron chi connectivity index (χ0n) is 16.6. The van der Waals surface area contributed by atoms with Crippen LogP contribution in [0.2, 0.25) is 10.0 Å². The molecule has 0 bridgehead atoms. The lowest BCUT2D eigenvalue weighted by Gasteiger charge is -2.16. The van der Waals surface area contributed by atoms with Crippen LogP contribution in [0.5, 0.6) is 11.5 Å². The molecule has 0 saturated heterocycles. The molecule has 0 spiro atoms. The number of aromatic carboxylic acids is 1. The normalized spacial score (nSPS) is 10.6. The number of halogens is 3. The van der Waals surface area contributed by atoms with Gasteiger partial charge in [-0.1, -0.05) is 41.4 Å². The second-order valence-corrected chi connectivity index (χ2v) is 7.37. The van der Waals surface area contributed by atoms with Crippen molar-refractivity contribution in [1.82, 2.24) is 0 Å². The predicted molar refractivity (Wildman–Crippen MR) is 119 cm³/mol. The zero-order valence-corrected chi connectivity index (χ0v) is 18.1. The number of nitrogens with one attached hydrogen (secondary N) is 1. The van der Waals surface area contributed by atoms with Crippen LogP contribution in [0.25, 0.3) is 0 Å². The Morgan fingerprint density at radius 1 is 1.00 bits per heavy atom. The Bertz CT molecular complexity index is 1090. The fourth-order valence-electron chi connectivity index (χ4n) is 2.86. The van der Waals surface area contributed by atoms with Crippen LogP contribution in [-0.4, -0.2) is 17.7 Å². The minimum absolute atomic E-state index is 0.00432. The number of carboxylic acid groups (broad SMARTS) is 1. The van der Waals surface area contributed by atoms with Crippen LogP contribution in [-0.2, 0) is 13.2 Å². The number of hydrogen-bond acceptors (Lipinski definition) is 4. The largest absolute Gasteiger partial charge is 0.490 e. The van der Waals surface area contributed by atoms with Gasteiger partial charge >= 0.3 is 5.97 Å². The summed E-state index contributed by atoms with van der Waals surface area (Å²) in [5.74, 6) is -0.585. The van der Waals surface area contributed by atoms with Gasteiger partial charge in [-0.3, -0.25) is 0 Å². The number of ether oxygens (including phenoxy) is 2. The van der Waals surface area contributed by atoms with Crippen molar-refractivity contribution < 1.29 is 23.8 Å². The van der Waals surface area contributed by atoms with E-state index in [1.807, 2.05) is 6.92 Å². The molecular formula is C23H20Cl2FNO4. The van der Waals surface area contributed by atoms with Crippen LogP contribution in [0.4, 0.5) is 10.1 Å². The summed E-state index contributed by atoms with van der Waals surface area (Å²) in [6, 6.07) is 14.4. The van der Waals surface area contributed by atoms with Crippen molar-refractivity contribution in [3.8, 4) is 11.5 Å². The molecule has 8 heteroatoms. The van der Waals surface area contributed by atoms with Gasteiger partial charge in [0, 0.05) is 28.9 Å². The maximum atomic E-state index is 13.9. The lowest BCUT2D eigenvalue weighted by molar-refractivity contribution is 0.0697. The van der Waals surface area contributed by atoms with E-state index in [-0.39, 0.29) is 23.0 Å². The summed E-state index contributed by atoms with van der Waals surface area (Å²) in [7, 11) is 0. The van der Waals surface area contributed by atoms with Crippen LogP contribution < -0.4 is 14.8 Å². The van der Waals surface area contributed by atoms with Crippen LogP contribution in [0.3, 0.4) is 0 Å². The standard InChI is InChI=1S/C23H20Cl2FNO4/c1-2-30-21-9-15(12-27-16-7-8-18(24)17(10-16)23(28)29)19(25)11-22(21)31-13-14-5-3-4-6-20(14)26/h3-11,27H,2,12-13H2,1H3,(H,28,29). The molecule has 5 nitrogen and oxygen atoms in total. The van der Waals surface area contributed by atoms with E-state index in [2.05, 4.69) is 5.32 Å². The van der Waals surface area contributed by atoms with Crippen molar-refractivity contribution in [3.63, 3.8) is 0 Å². The van der Waals surface area contributed by atoms with Gasteiger partial charge in [-0.25, -0.2) is 9.18 Å². The molecule has 2 N–H and O–H groups in total. The number of rotatable bonds is 9. The van der Waals surface area contributed by atoms with Gasteiger partial charge in [0.2, 0.25) is 0 Å². The van der Waals surface area contributed by atoms with E-state index in [4.69, 9.17) is 32.7 Å². The maximum Gasteiger partial charge on any atom is 0.337 e. The summed E-state index contributed by atoms with van der Waals surface area (Å²) in [4.78, 5) is 11.3. The van der Waals surface area contributed by atoms with Gasteiger partial charge in [-0.05, 0) is 42.8 Å². The molecule has 0 amide bonds. The molecule has 0 aliphatic carbocycles. The first-order valence-electron chi connectivity index (χ1n) is 9.47. The zero-order chi connectivity index (χ0) is 22.4. The van der Waals surface area contributed by atoms with Gasteiger partial charge < -0.3 is 19.9 Å². The van der Waals surface area contributed by atoms with Crippen LogP contribution in [0.15, 0.2) is 54.6 Å². The Morgan fingerprint density at radius 3 is 2.45 bits per heavy atom. The first kappa shape index (κ1) is 22.7. The summed E-state index contributed by atoms with van der Waals surface area (Å²) in [6.45, 7) is 2.59. The van der Waals surface area contributed by atoms with Gasteiger partial charge in [-0.2, -0.15) is 0 Å². The summed E-state index contributed by atoms with van der Waals surface area (Å²) in [6.07, 6.45) is 0. The molecule has 0 heterocycles. The first-order valence-corrected chi connectivity index (χ1v) is 10.2. The third-order valence-corrected chi connectivity index (χ3v) is 5.11. The highest BCUT2D eigenvalue weighted by molar-refractivity contribution is 6.33. The van der Waals surface area contributed by atoms with Gasteiger partial charge in [0.05, 0.1) is 17.2 Å². The van der Waals surface area contributed by atoms with Crippen molar-refractivity contribution in [3.05, 3.63) is 87.2 Å². The molecule has 0 unspecified atom stereocenters. The molecule has 0 aliphatic rings. The van der Waals surface area contributed by atoms with Crippen LogP contribution in [0.1, 0.15) is 28.4 Å². The highest BCUT2D eigenvalue weighted by Crippen LogP contribution is 2.35. The van der Waals surface area contributed by atoms with Gasteiger partial charge in [0.25, 0.3) is 0 Å². The van der Waals surface area contributed by atoms with E-state index in [0.717, 1.165) is 5.56 Å². The van der Waals surface area contributed by atoms with E-state index in [1.165, 1.54) is 18.2 Å². The quantitative estimate of drug-likeness (QED) is 0.383. The third-order valence-electron chi connectivity index (χ3n) is 4.43. The molecule has 3 aromatic carbocycles. The lowest BCUT2D eigenvalue weighted by Crippen LogP contribution is -2.05. The fraction of sp³-hybridized carbons (Fsp3) is 0.174. The number of anilines is 1. The number of carbonyl (C=O) groups is 1. The molecule has 162 valence electrons. The van der Waals surface area contributed by atoms with Crippen molar-refractivity contribution in [1.29, 1.82) is 0 Å². The summed E-state index contributed by atoms with van der Waals surface area (Å²) < 4.78 is 25.3. The Kier molecular flexibility index (Phi) is 7.60. The van der Waals surface area contributed by atoms with Crippen molar-refractivity contribution in [2.45, 2.75) is 20.1 Å². The molecule has 3 rings (SSSR count). The van der Waals surface area contributed by atoms with Crippen LogP contribution in [0, 0.1) is 5.82 Å². The Hall–Kier alpha value is -2.96. The predicted octanol–water partition coefficient (Wildman–Crippen LogP) is 6.42. The Morgan fingerprint density at radius 2 is 1.74 bits per heavy atom. The average molecular weight is 464 g/mol. The fourth-order valence-corrected chi connectivity index (χ4v) is 3.28. The Labute approximate surface area is 189 Å². The molecule has 0 fully saturated rings. The summed E-state index contributed by atoms with van der Waals surface area (Å²) >= 11 is 12.3. The molecule has 31 heavy (non-hydrogen) atoms. The highest BCUT2D eigenvalue weighted by atomic mass is 35.5. The monoisotopic (exact) mass is 463 g/mol. The molecule has 0 aliphatic heterocycles. The minimum Gasteiger partial charge on any atom is -0.490 e. The second-order valence-electron chi connectivity index (χ2n) is 6.56. The van der Waals surface area contributed by atoms with Gasteiger partial charge in [0.1, 0.15) is 12.4 Å². The van der Waals surface area contributed by atoms with Crippen LogP contribution >= 0.6 is 23.2 Å². The van der Waals surface area contributed by atoms with Crippen molar-refractivity contribution in [2.24, 2.45) is 0 Å². The molecule has 0 atom stereocenters. The van der Waals surface area contributed by atoms with Gasteiger partial charge in [0.15, 0.2) is 11.5 Å². The van der Waals surface area contributed by atoms with E-state index in [0.29, 0.717) is 40.9 Å². The van der Waals surface area contributed by atoms with E-state index in [1.54, 1.807) is 36.4 Å². The molecule has 0 saturated carbocycles.